The summed E-state index contributed by atoms with van der Waals surface area (Å²) in [7, 11) is 1.72. The monoisotopic (exact) mass is 247 g/mol. The van der Waals surface area contributed by atoms with Crippen LogP contribution >= 0.6 is 0 Å². The van der Waals surface area contributed by atoms with E-state index < -0.39 is 0 Å². The van der Waals surface area contributed by atoms with Crippen LogP contribution in [0.2, 0.25) is 0 Å². The SMILES string of the molecule is CNCC(=O)Nc1ccc(N2CCCC2=O)cc1. The van der Waals surface area contributed by atoms with Crippen LogP contribution in [0.3, 0.4) is 0 Å². The van der Waals surface area contributed by atoms with E-state index in [1.807, 2.05) is 24.3 Å². The molecule has 0 unspecified atom stereocenters. The standard InChI is InChI=1S/C13H17N3O2/c1-14-9-12(17)15-10-4-6-11(7-5-10)16-8-2-3-13(16)18/h4-7,14H,2-3,8-9H2,1H3,(H,15,17). The van der Waals surface area contributed by atoms with Crippen molar-refractivity contribution in [3.05, 3.63) is 24.3 Å². The summed E-state index contributed by atoms with van der Waals surface area (Å²) >= 11 is 0. The molecular weight excluding hydrogens is 230 g/mol. The summed E-state index contributed by atoms with van der Waals surface area (Å²) in [6.07, 6.45) is 1.54. The fraction of sp³-hybridized carbons (Fsp3) is 0.385. The molecule has 0 aliphatic carbocycles. The van der Waals surface area contributed by atoms with Crippen LogP contribution in [0.1, 0.15) is 12.8 Å². The Morgan fingerprint density at radius 2 is 2.06 bits per heavy atom. The molecule has 0 bridgehead atoms. The molecular formula is C13H17N3O2. The number of nitrogens with zero attached hydrogens (tertiary/aromatic N) is 1. The predicted molar refractivity (Wildman–Crippen MR) is 70.6 cm³/mol. The van der Waals surface area contributed by atoms with E-state index in [0.717, 1.165) is 24.3 Å². The first kappa shape index (κ1) is 12.6. The third kappa shape index (κ3) is 2.87. The topological polar surface area (TPSA) is 61.4 Å². The molecule has 0 aromatic heterocycles. The molecule has 0 saturated carbocycles. The average molecular weight is 247 g/mol. The Balaban J connectivity index is 2.01. The molecule has 2 N–H and O–H groups in total. The molecule has 1 aromatic rings. The van der Waals surface area contributed by atoms with Gasteiger partial charge in [-0.05, 0) is 37.7 Å². The zero-order chi connectivity index (χ0) is 13.0. The number of anilines is 2. The zero-order valence-electron chi connectivity index (χ0n) is 10.4. The molecule has 2 rings (SSSR count). The third-order valence-electron chi connectivity index (χ3n) is 2.87. The predicted octanol–water partition coefficient (Wildman–Crippen LogP) is 0.971. The summed E-state index contributed by atoms with van der Waals surface area (Å²) in [6.45, 7) is 1.07. The normalized spacial score (nSPS) is 14.9. The fourth-order valence-electron chi connectivity index (χ4n) is 2.01. The van der Waals surface area contributed by atoms with E-state index in [1.54, 1.807) is 11.9 Å². The first-order valence-corrected chi connectivity index (χ1v) is 6.05. The van der Waals surface area contributed by atoms with Crippen LogP contribution < -0.4 is 15.5 Å². The van der Waals surface area contributed by atoms with E-state index in [1.165, 1.54) is 0 Å². The van der Waals surface area contributed by atoms with Gasteiger partial charge < -0.3 is 15.5 Å². The number of hydrogen-bond acceptors (Lipinski definition) is 3. The minimum atomic E-state index is -0.0810. The van der Waals surface area contributed by atoms with Crippen molar-refractivity contribution in [1.82, 2.24) is 5.32 Å². The molecule has 1 saturated heterocycles. The van der Waals surface area contributed by atoms with Crippen LogP contribution in [0.4, 0.5) is 11.4 Å². The van der Waals surface area contributed by atoms with Crippen molar-refractivity contribution in [1.29, 1.82) is 0 Å². The maximum absolute atomic E-state index is 11.6. The van der Waals surface area contributed by atoms with Gasteiger partial charge in [0.2, 0.25) is 11.8 Å². The molecule has 1 fully saturated rings. The molecule has 0 spiro atoms. The highest BCUT2D eigenvalue weighted by molar-refractivity contribution is 5.96. The lowest BCUT2D eigenvalue weighted by atomic mass is 10.2. The molecule has 1 aliphatic rings. The first-order chi connectivity index (χ1) is 8.70. The second kappa shape index (κ2) is 5.64. The van der Waals surface area contributed by atoms with E-state index in [-0.39, 0.29) is 18.4 Å². The Morgan fingerprint density at radius 3 is 2.61 bits per heavy atom. The molecule has 5 nitrogen and oxygen atoms in total. The summed E-state index contributed by atoms with van der Waals surface area (Å²) < 4.78 is 0. The largest absolute Gasteiger partial charge is 0.325 e. The number of amides is 2. The van der Waals surface area contributed by atoms with Gasteiger partial charge in [0.1, 0.15) is 0 Å². The highest BCUT2D eigenvalue weighted by Crippen LogP contribution is 2.22. The van der Waals surface area contributed by atoms with Gasteiger partial charge >= 0.3 is 0 Å². The van der Waals surface area contributed by atoms with Gasteiger partial charge in [0.05, 0.1) is 6.54 Å². The van der Waals surface area contributed by atoms with E-state index in [4.69, 9.17) is 0 Å². The lowest BCUT2D eigenvalue weighted by Gasteiger charge is -2.16. The van der Waals surface area contributed by atoms with Crippen molar-refractivity contribution in [2.45, 2.75) is 12.8 Å². The fourth-order valence-corrected chi connectivity index (χ4v) is 2.01. The van der Waals surface area contributed by atoms with Gasteiger partial charge in [0, 0.05) is 24.3 Å². The number of likely N-dealkylation sites (N-methyl/N-ethyl adjacent to an activating group) is 1. The highest BCUT2D eigenvalue weighted by Gasteiger charge is 2.21. The quantitative estimate of drug-likeness (QED) is 0.833. The Kier molecular flexibility index (Phi) is 3.94. The summed E-state index contributed by atoms with van der Waals surface area (Å²) in [5, 5.41) is 5.55. The van der Waals surface area contributed by atoms with Crippen molar-refractivity contribution in [3.8, 4) is 0 Å². The molecule has 5 heteroatoms. The zero-order valence-corrected chi connectivity index (χ0v) is 10.4. The van der Waals surface area contributed by atoms with Gasteiger partial charge in [0.15, 0.2) is 0 Å². The average Bonchev–Trinajstić information content (AvgIpc) is 2.77. The van der Waals surface area contributed by atoms with Crippen LogP contribution in [-0.2, 0) is 9.59 Å². The van der Waals surface area contributed by atoms with Gasteiger partial charge in [-0.15, -0.1) is 0 Å². The van der Waals surface area contributed by atoms with Crippen molar-refractivity contribution in [3.63, 3.8) is 0 Å². The second-order valence-corrected chi connectivity index (χ2v) is 4.27. The molecule has 1 heterocycles. The number of rotatable bonds is 4. The maximum atomic E-state index is 11.6. The number of nitrogens with one attached hydrogen (secondary N) is 2. The van der Waals surface area contributed by atoms with Crippen molar-refractivity contribution >= 4 is 23.2 Å². The second-order valence-electron chi connectivity index (χ2n) is 4.27. The summed E-state index contributed by atoms with van der Waals surface area (Å²) in [5.74, 6) is 0.0875. The third-order valence-corrected chi connectivity index (χ3v) is 2.87. The summed E-state index contributed by atoms with van der Waals surface area (Å²) in [5.41, 5.74) is 1.63. The first-order valence-electron chi connectivity index (χ1n) is 6.05. The van der Waals surface area contributed by atoms with Crippen LogP contribution in [0.5, 0.6) is 0 Å². The maximum Gasteiger partial charge on any atom is 0.238 e. The molecule has 96 valence electrons. The summed E-state index contributed by atoms with van der Waals surface area (Å²) in [4.78, 5) is 24.7. The van der Waals surface area contributed by atoms with E-state index in [9.17, 15) is 9.59 Å². The van der Waals surface area contributed by atoms with Crippen LogP contribution in [-0.4, -0.2) is 32.0 Å². The van der Waals surface area contributed by atoms with Crippen molar-refractivity contribution in [2.24, 2.45) is 0 Å². The minimum Gasteiger partial charge on any atom is -0.325 e. The lowest BCUT2D eigenvalue weighted by molar-refractivity contribution is -0.117. The van der Waals surface area contributed by atoms with Crippen LogP contribution in [0, 0.1) is 0 Å². The molecule has 0 atom stereocenters. The van der Waals surface area contributed by atoms with Gasteiger partial charge in [-0.3, -0.25) is 9.59 Å². The number of carbonyl (C=O) groups excluding carboxylic acids is 2. The Bertz CT molecular complexity index is 442. The van der Waals surface area contributed by atoms with Gasteiger partial charge in [-0.1, -0.05) is 0 Å². The number of carbonyl (C=O) groups is 2. The summed E-state index contributed by atoms with van der Waals surface area (Å²) in [6, 6.07) is 7.35. The molecule has 18 heavy (non-hydrogen) atoms. The minimum absolute atomic E-state index is 0.0810. The highest BCUT2D eigenvalue weighted by atomic mass is 16.2. The molecule has 2 amide bonds. The Hall–Kier alpha value is -1.88. The van der Waals surface area contributed by atoms with Crippen LogP contribution in [0.15, 0.2) is 24.3 Å². The van der Waals surface area contributed by atoms with E-state index >= 15 is 0 Å². The van der Waals surface area contributed by atoms with E-state index in [2.05, 4.69) is 10.6 Å². The van der Waals surface area contributed by atoms with Gasteiger partial charge in [0.25, 0.3) is 0 Å². The number of hydrogen-bond donors (Lipinski definition) is 2. The van der Waals surface area contributed by atoms with Gasteiger partial charge in [-0.25, -0.2) is 0 Å². The van der Waals surface area contributed by atoms with Crippen molar-refractivity contribution < 1.29 is 9.59 Å². The van der Waals surface area contributed by atoms with Crippen molar-refractivity contribution in [2.75, 3.05) is 30.4 Å². The lowest BCUT2D eigenvalue weighted by Crippen LogP contribution is -2.25. The Morgan fingerprint density at radius 1 is 1.33 bits per heavy atom. The van der Waals surface area contributed by atoms with Crippen LogP contribution in [0.25, 0.3) is 0 Å². The molecule has 1 aliphatic heterocycles. The smallest absolute Gasteiger partial charge is 0.238 e. The van der Waals surface area contributed by atoms with Gasteiger partial charge in [-0.2, -0.15) is 0 Å². The Labute approximate surface area is 106 Å². The number of benzene rings is 1. The van der Waals surface area contributed by atoms with E-state index in [0.29, 0.717) is 6.42 Å². The molecule has 1 aromatic carbocycles. The molecule has 0 radical (unpaired) electrons.